The van der Waals surface area contributed by atoms with E-state index in [1.807, 2.05) is 0 Å². The third-order valence-corrected chi connectivity index (χ3v) is 2.89. The van der Waals surface area contributed by atoms with E-state index in [0.717, 1.165) is 11.3 Å². The van der Waals surface area contributed by atoms with Gasteiger partial charge in [-0.15, -0.1) is 11.3 Å². The Morgan fingerprint density at radius 2 is 2.24 bits per heavy atom. The normalized spacial score (nSPS) is 14.1. The average molecular weight is 260 g/mol. The van der Waals surface area contributed by atoms with E-state index in [1.165, 1.54) is 6.20 Å². The molecule has 8 heteroatoms. The number of nitrogens with zero attached hydrogens (tertiary/aromatic N) is 1. The number of carbonyl (C=O) groups excluding carboxylic acids is 2. The van der Waals surface area contributed by atoms with E-state index in [9.17, 15) is 19.8 Å². The highest BCUT2D eigenvalue weighted by atomic mass is 32.1. The van der Waals surface area contributed by atoms with Crippen molar-refractivity contribution >= 4 is 23.2 Å². The minimum absolute atomic E-state index is 0.0272. The van der Waals surface area contributed by atoms with E-state index in [0.29, 0.717) is 0 Å². The van der Waals surface area contributed by atoms with Gasteiger partial charge in [0, 0.05) is 0 Å². The lowest BCUT2D eigenvalue weighted by Crippen LogP contribution is -2.33. The molecule has 0 saturated carbocycles. The Balaban J connectivity index is 2.80. The third-order valence-electron chi connectivity index (χ3n) is 1.84. The summed E-state index contributed by atoms with van der Waals surface area (Å²) in [6, 6.07) is 0. The first-order chi connectivity index (χ1) is 7.97. The molecule has 1 aromatic heterocycles. The second kappa shape index (κ2) is 5.71. The molecule has 1 rings (SSSR count). The summed E-state index contributed by atoms with van der Waals surface area (Å²) in [6.07, 6.45) is -2.09. The smallest absolute Gasteiger partial charge is 0.349 e. The number of hydrogen-bond acceptors (Lipinski definition) is 7. The number of aliphatic hydroxyl groups excluding tert-OH is 2. The second-order valence-electron chi connectivity index (χ2n) is 3.08. The van der Waals surface area contributed by atoms with Gasteiger partial charge in [-0.25, -0.2) is 9.78 Å². The molecule has 1 aromatic rings. The van der Waals surface area contributed by atoms with E-state index >= 15 is 0 Å². The molecule has 0 aliphatic heterocycles. The fraction of sp³-hybridized carbons (Fsp3) is 0.444. The lowest BCUT2D eigenvalue weighted by atomic mass is 10.2. The van der Waals surface area contributed by atoms with Crippen molar-refractivity contribution in [3.63, 3.8) is 0 Å². The SMILES string of the molecule is CCOC(=O)c1cnc(C(O)C(O)C(N)=O)s1. The molecule has 0 saturated heterocycles. The summed E-state index contributed by atoms with van der Waals surface area (Å²) in [5, 5.41) is 18.8. The van der Waals surface area contributed by atoms with Crippen LogP contribution in [-0.4, -0.2) is 39.8 Å². The molecule has 0 spiro atoms. The lowest BCUT2D eigenvalue weighted by molar-refractivity contribution is -0.131. The molecule has 94 valence electrons. The minimum atomic E-state index is -1.75. The number of rotatable bonds is 5. The highest BCUT2D eigenvalue weighted by molar-refractivity contribution is 7.13. The Hall–Kier alpha value is -1.51. The zero-order valence-corrected chi connectivity index (χ0v) is 9.81. The van der Waals surface area contributed by atoms with Crippen molar-refractivity contribution in [1.82, 2.24) is 4.98 Å². The van der Waals surface area contributed by atoms with Crippen molar-refractivity contribution in [3.8, 4) is 0 Å². The molecule has 1 amide bonds. The molecule has 0 fully saturated rings. The van der Waals surface area contributed by atoms with Gasteiger partial charge in [0.2, 0.25) is 5.91 Å². The van der Waals surface area contributed by atoms with Crippen LogP contribution in [0.3, 0.4) is 0 Å². The molecule has 2 unspecified atom stereocenters. The van der Waals surface area contributed by atoms with Crippen LogP contribution in [0.4, 0.5) is 0 Å². The number of aromatic nitrogens is 1. The summed E-state index contributed by atoms with van der Waals surface area (Å²) in [5.41, 5.74) is 4.82. The highest BCUT2D eigenvalue weighted by Crippen LogP contribution is 2.23. The summed E-state index contributed by atoms with van der Waals surface area (Å²) in [5.74, 6) is -1.64. The van der Waals surface area contributed by atoms with Gasteiger partial charge in [0.05, 0.1) is 12.8 Å². The third kappa shape index (κ3) is 3.22. The summed E-state index contributed by atoms with van der Waals surface area (Å²) in [6.45, 7) is 1.88. The molecule has 17 heavy (non-hydrogen) atoms. The predicted molar refractivity (Wildman–Crippen MR) is 58.2 cm³/mol. The molecular weight excluding hydrogens is 248 g/mol. The largest absolute Gasteiger partial charge is 0.462 e. The summed E-state index contributed by atoms with van der Waals surface area (Å²) >= 11 is 0.831. The zero-order chi connectivity index (χ0) is 13.0. The van der Waals surface area contributed by atoms with Gasteiger partial charge in [-0.05, 0) is 6.92 Å². The van der Waals surface area contributed by atoms with Crippen LogP contribution in [0.15, 0.2) is 6.20 Å². The average Bonchev–Trinajstić information content (AvgIpc) is 2.76. The van der Waals surface area contributed by atoms with Crippen LogP contribution in [0.2, 0.25) is 0 Å². The number of thiazole rings is 1. The minimum Gasteiger partial charge on any atom is -0.462 e. The maximum absolute atomic E-state index is 11.3. The number of ether oxygens (including phenoxy) is 1. The molecule has 0 bridgehead atoms. The Morgan fingerprint density at radius 1 is 1.59 bits per heavy atom. The van der Waals surface area contributed by atoms with E-state index in [1.54, 1.807) is 6.92 Å². The number of nitrogens with two attached hydrogens (primary N) is 1. The molecule has 0 radical (unpaired) electrons. The molecule has 4 N–H and O–H groups in total. The second-order valence-corrected chi connectivity index (χ2v) is 4.14. The molecule has 0 aliphatic carbocycles. The molecule has 1 heterocycles. The van der Waals surface area contributed by atoms with Gasteiger partial charge in [0.25, 0.3) is 0 Å². The van der Waals surface area contributed by atoms with Gasteiger partial charge >= 0.3 is 5.97 Å². The standard InChI is InChI=1S/C9H12N2O5S/c1-2-16-9(15)4-3-11-8(17-4)6(13)5(12)7(10)14/h3,5-6,12-13H,2H2,1H3,(H2,10,14). The zero-order valence-electron chi connectivity index (χ0n) is 8.99. The molecule has 0 aromatic carbocycles. The Kier molecular flexibility index (Phi) is 4.55. The van der Waals surface area contributed by atoms with Crippen LogP contribution in [-0.2, 0) is 9.53 Å². The summed E-state index contributed by atoms with van der Waals surface area (Å²) in [4.78, 5) is 25.9. The molecule has 7 nitrogen and oxygen atoms in total. The molecule has 0 aliphatic rings. The molecular formula is C9H12N2O5S. The maximum Gasteiger partial charge on any atom is 0.349 e. The van der Waals surface area contributed by atoms with Crippen LogP contribution >= 0.6 is 11.3 Å². The van der Waals surface area contributed by atoms with Crippen LogP contribution in [0.5, 0.6) is 0 Å². The highest BCUT2D eigenvalue weighted by Gasteiger charge is 2.27. The Labute approximate surface area is 101 Å². The Bertz CT molecular complexity index is 419. The first-order valence-electron chi connectivity index (χ1n) is 4.75. The van der Waals surface area contributed by atoms with Crippen molar-refractivity contribution in [1.29, 1.82) is 0 Å². The quantitative estimate of drug-likeness (QED) is 0.595. The number of amides is 1. The van der Waals surface area contributed by atoms with Gasteiger partial charge in [-0.1, -0.05) is 0 Å². The monoisotopic (exact) mass is 260 g/mol. The van der Waals surface area contributed by atoms with Crippen molar-refractivity contribution in [2.24, 2.45) is 5.73 Å². The fourth-order valence-corrected chi connectivity index (χ4v) is 1.84. The first kappa shape index (κ1) is 13.6. The Morgan fingerprint density at radius 3 is 2.76 bits per heavy atom. The van der Waals surface area contributed by atoms with Crippen LogP contribution in [0.1, 0.15) is 27.7 Å². The first-order valence-corrected chi connectivity index (χ1v) is 5.57. The van der Waals surface area contributed by atoms with Crippen LogP contribution < -0.4 is 5.73 Å². The van der Waals surface area contributed by atoms with Gasteiger partial charge in [-0.3, -0.25) is 4.79 Å². The van der Waals surface area contributed by atoms with E-state index < -0.39 is 24.1 Å². The van der Waals surface area contributed by atoms with E-state index in [4.69, 9.17) is 10.5 Å². The number of aliphatic hydroxyl groups is 2. The van der Waals surface area contributed by atoms with Gasteiger partial charge < -0.3 is 20.7 Å². The summed E-state index contributed by atoms with van der Waals surface area (Å²) in [7, 11) is 0. The number of primary amides is 1. The number of hydrogen-bond donors (Lipinski definition) is 3. The van der Waals surface area contributed by atoms with Gasteiger partial charge in [-0.2, -0.15) is 0 Å². The predicted octanol–water partition coefficient (Wildman–Crippen LogP) is -0.801. The van der Waals surface area contributed by atoms with Crippen molar-refractivity contribution in [2.45, 2.75) is 19.1 Å². The van der Waals surface area contributed by atoms with Crippen molar-refractivity contribution in [3.05, 3.63) is 16.1 Å². The lowest BCUT2D eigenvalue weighted by Gasteiger charge is -2.11. The van der Waals surface area contributed by atoms with Crippen molar-refractivity contribution < 1.29 is 24.5 Å². The summed E-state index contributed by atoms with van der Waals surface area (Å²) < 4.78 is 4.72. The fourth-order valence-electron chi connectivity index (χ4n) is 1.01. The molecule has 2 atom stereocenters. The van der Waals surface area contributed by atoms with E-state index in [2.05, 4.69) is 4.98 Å². The van der Waals surface area contributed by atoms with Gasteiger partial charge in [0.1, 0.15) is 16.0 Å². The topological polar surface area (TPSA) is 123 Å². The number of carbonyl (C=O) groups is 2. The van der Waals surface area contributed by atoms with Gasteiger partial charge in [0.15, 0.2) is 6.10 Å². The number of esters is 1. The maximum atomic E-state index is 11.3. The van der Waals surface area contributed by atoms with E-state index in [-0.39, 0.29) is 16.5 Å². The van der Waals surface area contributed by atoms with Crippen LogP contribution in [0, 0.1) is 0 Å². The van der Waals surface area contributed by atoms with Crippen molar-refractivity contribution in [2.75, 3.05) is 6.61 Å². The van der Waals surface area contributed by atoms with Crippen LogP contribution in [0.25, 0.3) is 0 Å².